The molecule has 144 valence electrons. The minimum Gasteiger partial charge on any atom is -0.295 e. The summed E-state index contributed by atoms with van der Waals surface area (Å²) in [7, 11) is 0. The average molecular weight is 384 g/mol. The highest BCUT2D eigenvalue weighted by molar-refractivity contribution is 6.16. The minimum absolute atomic E-state index is 0.0193. The number of Topliss-reactive ketones (excluding diaryl/α,β-unsaturated/α-hetero) is 1. The Morgan fingerprint density at radius 3 is 2.55 bits per heavy atom. The van der Waals surface area contributed by atoms with Gasteiger partial charge in [0.25, 0.3) is 0 Å². The molecule has 2 aromatic carbocycles. The van der Waals surface area contributed by atoms with Gasteiger partial charge in [0.05, 0.1) is 5.71 Å². The van der Waals surface area contributed by atoms with Crippen LogP contribution in [-0.2, 0) is 0 Å². The molecule has 1 fully saturated rings. The van der Waals surface area contributed by atoms with Crippen LogP contribution in [0.25, 0.3) is 11.3 Å². The molecule has 0 unspecified atom stereocenters. The van der Waals surface area contributed by atoms with Crippen LogP contribution in [0.2, 0.25) is 0 Å². The molecule has 1 aliphatic heterocycles. The number of ketones is 1. The second kappa shape index (κ2) is 6.81. The number of aromatic nitrogens is 3. The largest absolute Gasteiger partial charge is 0.343 e. The van der Waals surface area contributed by atoms with Gasteiger partial charge in [-0.2, -0.15) is 5.10 Å². The van der Waals surface area contributed by atoms with Gasteiger partial charge >= 0.3 is 5.69 Å². The lowest BCUT2D eigenvalue weighted by atomic mass is 9.95. The second-order valence-corrected chi connectivity index (χ2v) is 7.52. The van der Waals surface area contributed by atoms with Crippen LogP contribution >= 0.6 is 0 Å². The van der Waals surface area contributed by atoms with Crippen molar-refractivity contribution >= 4 is 22.8 Å². The first-order chi connectivity index (χ1) is 14.1. The summed E-state index contributed by atoms with van der Waals surface area (Å²) in [5.41, 5.74) is 5.04. The van der Waals surface area contributed by atoms with Gasteiger partial charge in [-0.3, -0.25) is 9.36 Å². The number of hydrogen-bond donors (Lipinski definition) is 1. The highest BCUT2D eigenvalue weighted by Gasteiger charge is 2.32. The molecular weight excluding hydrogens is 364 g/mol. The second-order valence-electron chi connectivity index (χ2n) is 7.52. The predicted octanol–water partition coefficient (Wildman–Crippen LogP) is 3.87. The zero-order valence-electron chi connectivity index (χ0n) is 16.1. The number of hydrogen-bond acceptors (Lipinski definition) is 4. The van der Waals surface area contributed by atoms with E-state index in [0.717, 1.165) is 35.3 Å². The Hall–Kier alpha value is -3.54. The number of nitrogens with one attached hydrogen (secondary N) is 1. The van der Waals surface area contributed by atoms with Gasteiger partial charge in [-0.25, -0.2) is 14.9 Å². The quantitative estimate of drug-likeness (QED) is 0.678. The normalized spacial score (nSPS) is 16.2. The molecule has 1 aliphatic carbocycles. The third kappa shape index (κ3) is 3.16. The molecule has 0 atom stereocenters. The van der Waals surface area contributed by atoms with Crippen LogP contribution in [0, 0.1) is 0 Å². The van der Waals surface area contributed by atoms with Crippen LogP contribution in [0.4, 0.5) is 0 Å². The van der Waals surface area contributed by atoms with Crippen molar-refractivity contribution in [3.63, 3.8) is 0 Å². The lowest BCUT2D eigenvalue weighted by Gasteiger charge is -2.08. The molecule has 5 rings (SSSR count). The Morgan fingerprint density at radius 1 is 1.07 bits per heavy atom. The lowest BCUT2D eigenvalue weighted by molar-refractivity contribution is 0.101. The number of carbonyl (C=O) groups excluding carboxylic acids is 1. The molecule has 29 heavy (non-hydrogen) atoms. The summed E-state index contributed by atoms with van der Waals surface area (Å²) >= 11 is 0. The molecule has 0 radical (unpaired) electrons. The van der Waals surface area contributed by atoms with Crippen molar-refractivity contribution in [2.24, 2.45) is 4.99 Å². The molecule has 0 saturated heterocycles. The Kier molecular flexibility index (Phi) is 4.12. The van der Waals surface area contributed by atoms with Crippen molar-refractivity contribution in [2.75, 3.05) is 0 Å². The summed E-state index contributed by atoms with van der Waals surface area (Å²) in [5, 5.41) is 6.91. The van der Waals surface area contributed by atoms with Gasteiger partial charge in [-0.05, 0) is 42.5 Å². The van der Waals surface area contributed by atoms with E-state index < -0.39 is 0 Å². The van der Waals surface area contributed by atoms with Gasteiger partial charge in [0.2, 0.25) is 0 Å². The number of benzene rings is 2. The zero-order valence-corrected chi connectivity index (χ0v) is 16.1. The molecule has 0 spiro atoms. The van der Waals surface area contributed by atoms with Crippen molar-refractivity contribution in [1.82, 2.24) is 14.8 Å². The van der Waals surface area contributed by atoms with E-state index in [1.807, 2.05) is 54.6 Å². The SMILES string of the molecule is CC(=O)c1cccc(C2=C(c3n[nH]c(=O)n3C3CC3)N=C(c3ccccc3)C2)c1. The van der Waals surface area contributed by atoms with E-state index >= 15 is 0 Å². The molecule has 2 aliphatic rings. The van der Waals surface area contributed by atoms with E-state index in [4.69, 9.17) is 4.99 Å². The van der Waals surface area contributed by atoms with Crippen molar-refractivity contribution in [1.29, 1.82) is 0 Å². The molecule has 2 heterocycles. The fourth-order valence-corrected chi connectivity index (χ4v) is 3.78. The van der Waals surface area contributed by atoms with Crippen molar-refractivity contribution in [2.45, 2.75) is 32.2 Å². The average Bonchev–Trinajstić information content (AvgIpc) is 3.36. The van der Waals surface area contributed by atoms with Crippen LogP contribution in [0.15, 0.2) is 64.4 Å². The summed E-state index contributed by atoms with van der Waals surface area (Å²) in [6, 6.07) is 17.8. The summed E-state index contributed by atoms with van der Waals surface area (Å²) in [6.07, 6.45) is 2.57. The van der Waals surface area contributed by atoms with Crippen molar-refractivity contribution in [3.05, 3.63) is 87.6 Å². The Bertz CT molecular complexity index is 1230. The number of aliphatic imine (C=N–C) groups is 1. The van der Waals surface area contributed by atoms with E-state index in [2.05, 4.69) is 10.2 Å². The Balaban J connectivity index is 1.68. The maximum atomic E-state index is 12.3. The van der Waals surface area contributed by atoms with Crippen LogP contribution in [-0.4, -0.2) is 26.3 Å². The fraction of sp³-hybridized carbons (Fsp3) is 0.217. The zero-order chi connectivity index (χ0) is 20.0. The van der Waals surface area contributed by atoms with E-state index in [1.54, 1.807) is 11.5 Å². The van der Waals surface area contributed by atoms with E-state index in [0.29, 0.717) is 23.5 Å². The van der Waals surface area contributed by atoms with E-state index in [-0.39, 0.29) is 17.5 Å². The first-order valence-corrected chi connectivity index (χ1v) is 9.76. The van der Waals surface area contributed by atoms with E-state index in [1.165, 1.54) is 0 Å². The lowest BCUT2D eigenvalue weighted by Crippen LogP contribution is -2.17. The number of nitrogens with zero attached hydrogens (tertiary/aromatic N) is 3. The van der Waals surface area contributed by atoms with Crippen LogP contribution < -0.4 is 5.69 Å². The maximum Gasteiger partial charge on any atom is 0.343 e. The molecule has 6 nitrogen and oxygen atoms in total. The van der Waals surface area contributed by atoms with Gasteiger partial charge < -0.3 is 0 Å². The molecule has 1 aromatic heterocycles. The van der Waals surface area contributed by atoms with Gasteiger partial charge in [-0.15, -0.1) is 0 Å². The summed E-state index contributed by atoms with van der Waals surface area (Å²) in [4.78, 5) is 29.2. The number of carbonyl (C=O) groups is 1. The van der Waals surface area contributed by atoms with Gasteiger partial charge in [0, 0.05) is 18.0 Å². The minimum atomic E-state index is -0.199. The van der Waals surface area contributed by atoms with Crippen molar-refractivity contribution < 1.29 is 4.79 Å². The number of aromatic amines is 1. The number of H-pyrrole nitrogens is 1. The number of rotatable bonds is 5. The molecule has 0 amide bonds. The smallest absolute Gasteiger partial charge is 0.295 e. The summed E-state index contributed by atoms with van der Waals surface area (Å²) in [6.45, 7) is 1.56. The standard InChI is InChI=1S/C23H20N4O2/c1-14(28)16-8-5-9-17(12-16)19-13-20(15-6-3-2-4-7-15)24-21(19)22-25-26-23(29)27(22)18-10-11-18/h2-9,12,18H,10-11,13H2,1H3,(H,26,29). The topological polar surface area (TPSA) is 80.1 Å². The molecule has 6 heteroatoms. The summed E-state index contributed by atoms with van der Waals surface area (Å²) in [5.74, 6) is 0.595. The molecule has 1 N–H and O–H groups in total. The first-order valence-electron chi connectivity index (χ1n) is 9.76. The Labute approximate surface area is 167 Å². The molecule has 0 bridgehead atoms. The van der Waals surface area contributed by atoms with Crippen LogP contribution in [0.1, 0.15) is 59.5 Å². The highest BCUT2D eigenvalue weighted by Crippen LogP contribution is 2.40. The van der Waals surface area contributed by atoms with Crippen molar-refractivity contribution in [3.8, 4) is 0 Å². The van der Waals surface area contributed by atoms with Gasteiger partial charge in [0.1, 0.15) is 5.70 Å². The monoisotopic (exact) mass is 384 g/mol. The van der Waals surface area contributed by atoms with Crippen LogP contribution in [0.5, 0.6) is 0 Å². The molecular formula is C23H20N4O2. The molecule has 3 aromatic rings. The summed E-state index contributed by atoms with van der Waals surface area (Å²) < 4.78 is 1.72. The van der Waals surface area contributed by atoms with Crippen LogP contribution in [0.3, 0.4) is 0 Å². The molecule has 1 saturated carbocycles. The van der Waals surface area contributed by atoms with Gasteiger partial charge in [-0.1, -0.05) is 48.5 Å². The maximum absolute atomic E-state index is 12.3. The highest BCUT2D eigenvalue weighted by atomic mass is 16.2. The number of allylic oxidation sites excluding steroid dienone is 1. The van der Waals surface area contributed by atoms with E-state index in [9.17, 15) is 9.59 Å². The third-order valence-electron chi connectivity index (χ3n) is 5.43. The first kappa shape index (κ1) is 17.6. The third-order valence-corrected chi connectivity index (χ3v) is 5.43. The fourth-order valence-electron chi connectivity index (χ4n) is 3.78. The Morgan fingerprint density at radius 2 is 1.83 bits per heavy atom. The predicted molar refractivity (Wildman–Crippen MR) is 112 cm³/mol. The van der Waals surface area contributed by atoms with Gasteiger partial charge in [0.15, 0.2) is 11.6 Å².